The van der Waals surface area contributed by atoms with Gasteiger partial charge in [-0.1, -0.05) is 18.2 Å². The quantitative estimate of drug-likeness (QED) is 0.469. The summed E-state index contributed by atoms with van der Waals surface area (Å²) in [5.74, 6) is -1.12. The van der Waals surface area contributed by atoms with E-state index < -0.39 is 46.5 Å². The van der Waals surface area contributed by atoms with Gasteiger partial charge >= 0.3 is 17.8 Å². The molecule has 1 aromatic heterocycles. The number of likely N-dealkylation sites (N-methyl/N-ethyl adjacent to an activating group) is 1. The molecule has 200 valence electrons. The molecule has 0 unspecified atom stereocenters. The molecule has 1 aliphatic rings. The van der Waals surface area contributed by atoms with Crippen LogP contribution in [0.3, 0.4) is 0 Å². The molecule has 0 spiro atoms. The van der Waals surface area contributed by atoms with E-state index in [1.165, 1.54) is 24.0 Å². The third-order valence-corrected chi connectivity index (χ3v) is 6.88. The van der Waals surface area contributed by atoms with E-state index in [0.29, 0.717) is 10.3 Å². The smallest absolute Gasteiger partial charge is 0.416 e. The van der Waals surface area contributed by atoms with Crippen molar-refractivity contribution in [1.82, 2.24) is 9.13 Å². The molecular formula is C27H26F3N3O5. The highest BCUT2D eigenvalue weighted by Gasteiger charge is 2.42. The van der Waals surface area contributed by atoms with E-state index in [4.69, 9.17) is 4.74 Å². The second kappa shape index (κ2) is 9.30. The number of esters is 1. The number of halogens is 3. The zero-order valence-corrected chi connectivity index (χ0v) is 21.5. The van der Waals surface area contributed by atoms with Crippen molar-refractivity contribution in [2.75, 3.05) is 18.6 Å². The molecule has 38 heavy (non-hydrogen) atoms. The van der Waals surface area contributed by atoms with Crippen LogP contribution in [0.1, 0.15) is 53.4 Å². The normalized spacial score (nSPS) is 14.5. The monoisotopic (exact) mass is 529 g/mol. The first-order valence-corrected chi connectivity index (χ1v) is 11.8. The van der Waals surface area contributed by atoms with Crippen LogP contribution < -0.4 is 16.1 Å². The van der Waals surface area contributed by atoms with Crippen molar-refractivity contribution < 1.29 is 27.5 Å². The second-order valence-electron chi connectivity index (χ2n) is 9.59. The standard InChI is InChI=1S/C27H26F3N3O5/c1-6-38-23(35)18-14-32(17-10-11-20-21(12-17)31(5)24(36)26(20,3)4)25(37)33(22(18)34)13-16-8-7-9-19(15(16)2)27(28,29)30/h7-12,14H,6,13H2,1-5H3. The molecule has 1 amide bonds. The van der Waals surface area contributed by atoms with Crippen molar-refractivity contribution in [2.24, 2.45) is 0 Å². The fraction of sp³-hybridized carbons (Fsp3) is 0.333. The predicted molar refractivity (Wildman–Crippen MR) is 134 cm³/mol. The van der Waals surface area contributed by atoms with Crippen LogP contribution in [-0.4, -0.2) is 34.7 Å². The minimum absolute atomic E-state index is 0.0367. The first-order chi connectivity index (χ1) is 17.7. The maximum atomic E-state index is 13.6. The number of rotatable bonds is 5. The van der Waals surface area contributed by atoms with E-state index >= 15 is 0 Å². The largest absolute Gasteiger partial charge is 0.462 e. The summed E-state index contributed by atoms with van der Waals surface area (Å²) < 4.78 is 47.2. The number of fused-ring (bicyclic) bond motifs is 1. The van der Waals surface area contributed by atoms with Gasteiger partial charge in [-0.05, 0) is 62.6 Å². The number of anilines is 1. The minimum Gasteiger partial charge on any atom is -0.462 e. The van der Waals surface area contributed by atoms with Gasteiger partial charge in [-0.25, -0.2) is 9.59 Å². The number of benzene rings is 2. The summed E-state index contributed by atoms with van der Waals surface area (Å²) in [6.45, 7) is 5.82. The van der Waals surface area contributed by atoms with Gasteiger partial charge in [-0.15, -0.1) is 0 Å². The zero-order valence-electron chi connectivity index (χ0n) is 21.5. The highest BCUT2D eigenvalue weighted by atomic mass is 19.4. The molecule has 3 aromatic rings. The van der Waals surface area contributed by atoms with E-state index in [2.05, 4.69) is 0 Å². The highest BCUT2D eigenvalue weighted by molar-refractivity contribution is 6.07. The topological polar surface area (TPSA) is 90.6 Å². The SMILES string of the molecule is CCOC(=O)c1cn(-c2ccc3c(c2)N(C)C(=O)C3(C)C)c(=O)n(Cc2cccc(C(F)(F)F)c2C)c1=O. The highest BCUT2D eigenvalue weighted by Crippen LogP contribution is 2.41. The van der Waals surface area contributed by atoms with Gasteiger partial charge in [0.15, 0.2) is 0 Å². The fourth-order valence-corrected chi connectivity index (χ4v) is 4.73. The maximum Gasteiger partial charge on any atom is 0.416 e. The molecular weight excluding hydrogens is 503 g/mol. The molecule has 11 heteroatoms. The number of aromatic nitrogens is 2. The summed E-state index contributed by atoms with van der Waals surface area (Å²) in [7, 11) is 1.60. The van der Waals surface area contributed by atoms with Crippen molar-refractivity contribution in [1.29, 1.82) is 0 Å². The van der Waals surface area contributed by atoms with E-state index in [-0.39, 0.29) is 29.3 Å². The number of carbonyl (C=O) groups is 2. The van der Waals surface area contributed by atoms with Crippen LogP contribution in [0.4, 0.5) is 18.9 Å². The van der Waals surface area contributed by atoms with Crippen LogP contribution >= 0.6 is 0 Å². The van der Waals surface area contributed by atoms with Crippen LogP contribution in [0.2, 0.25) is 0 Å². The molecule has 0 saturated carbocycles. The van der Waals surface area contributed by atoms with Gasteiger partial charge in [-0.2, -0.15) is 13.2 Å². The summed E-state index contributed by atoms with van der Waals surface area (Å²) in [4.78, 5) is 53.6. The maximum absolute atomic E-state index is 13.6. The Balaban J connectivity index is 1.94. The van der Waals surface area contributed by atoms with Crippen LogP contribution in [0.5, 0.6) is 0 Å². The van der Waals surface area contributed by atoms with Crippen molar-refractivity contribution in [3.8, 4) is 5.69 Å². The number of amides is 1. The molecule has 0 fully saturated rings. The van der Waals surface area contributed by atoms with Crippen LogP contribution in [0.25, 0.3) is 5.69 Å². The lowest BCUT2D eigenvalue weighted by atomic mass is 9.86. The average molecular weight is 530 g/mol. The first-order valence-electron chi connectivity index (χ1n) is 11.8. The van der Waals surface area contributed by atoms with Crippen molar-refractivity contribution in [3.05, 3.63) is 91.3 Å². The van der Waals surface area contributed by atoms with E-state index in [9.17, 15) is 32.3 Å². The number of hydrogen-bond donors (Lipinski definition) is 0. The lowest BCUT2D eigenvalue weighted by molar-refractivity contribution is -0.138. The molecule has 0 aliphatic carbocycles. The Bertz CT molecular complexity index is 1580. The summed E-state index contributed by atoms with van der Waals surface area (Å²) in [5, 5.41) is 0. The van der Waals surface area contributed by atoms with E-state index in [1.54, 1.807) is 46.0 Å². The van der Waals surface area contributed by atoms with Gasteiger partial charge in [0.2, 0.25) is 5.91 Å². The number of hydrogen-bond acceptors (Lipinski definition) is 5. The minimum atomic E-state index is -4.63. The van der Waals surface area contributed by atoms with Crippen molar-refractivity contribution in [3.63, 3.8) is 0 Å². The molecule has 2 aromatic carbocycles. The van der Waals surface area contributed by atoms with Gasteiger partial charge in [0, 0.05) is 18.9 Å². The third-order valence-electron chi connectivity index (χ3n) is 6.88. The lowest BCUT2D eigenvalue weighted by Crippen LogP contribution is -2.42. The third kappa shape index (κ3) is 4.31. The van der Waals surface area contributed by atoms with Crippen molar-refractivity contribution in [2.45, 2.75) is 45.8 Å². The first kappa shape index (κ1) is 26.9. The fourth-order valence-electron chi connectivity index (χ4n) is 4.73. The van der Waals surface area contributed by atoms with E-state index in [1.807, 2.05) is 0 Å². The molecule has 8 nitrogen and oxygen atoms in total. The summed E-state index contributed by atoms with van der Waals surface area (Å²) in [6, 6.07) is 8.35. The second-order valence-corrected chi connectivity index (χ2v) is 9.59. The molecule has 0 saturated heterocycles. The molecule has 1 aliphatic heterocycles. The lowest BCUT2D eigenvalue weighted by Gasteiger charge is -2.17. The summed E-state index contributed by atoms with van der Waals surface area (Å²) >= 11 is 0. The number of alkyl halides is 3. The number of ether oxygens (including phenoxy) is 1. The predicted octanol–water partition coefficient (Wildman–Crippen LogP) is 3.81. The van der Waals surface area contributed by atoms with Gasteiger partial charge < -0.3 is 9.64 Å². The van der Waals surface area contributed by atoms with Crippen LogP contribution in [-0.2, 0) is 27.7 Å². The molecule has 0 atom stereocenters. The molecule has 0 bridgehead atoms. The zero-order chi connectivity index (χ0) is 28.2. The molecule has 0 radical (unpaired) electrons. The summed E-state index contributed by atoms with van der Waals surface area (Å²) in [6.07, 6.45) is -3.57. The average Bonchev–Trinajstić information content (AvgIpc) is 3.01. The van der Waals surface area contributed by atoms with Gasteiger partial charge in [0.05, 0.1) is 29.8 Å². The van der Waals surface area contributed by atoms with Gasteiger partial charge in [0.1, 0.15) is 5.56 Å². The molecule has 2 heterocycles. The van der Waals surface area contributed by atoms with E-state index in [0.717, 1.165) is 22.4 Å². The number of carbonyl (C=O) groups excluding carboxylic acids is 2. The van der Waals surface area contributed by atoms with Crippen LogP contribution in [0.15, 0.2) is 52.2 Å². The Hall–Kier alpha value is -4.15. The Morgan fingerprint density at radius 1 is 1.08 bits per heavy atom. The molecule has 0 N–H and O–H groups in total. The van der Waals surface area contributed by atoms with Gasteiger partial charge in [0.25, 0.3) is 5.56 Å². The molecule has 4 rings (SSSR count). The van der Waals surface area contributed by atoms with Crippen molar-refractivity contribution >= 4 is 17.6 Å². The van der Waals surface area contributed by atoms with Gasteiger partial charge in [-0.3, -0.25) is 18.7 Å². The Morgan fingerprint density at radius 2 is 1.76 bits per heavy atom. The Labute approximate surface area is 215 Å². The van der Waals surface area contributed by atoms with Crippen LogP contribution in [0, 0.1) is 6.92 Å². The number of nitrogens with zero attached hydrogens (tertiary/aromatic N) is 3. The summed E-state index contributed by atoms with van der Waals surface area (Å²) in [5.41, 5.74) is -2.50. The Kier molecular flexibility index (Phi) is 6.59. The Morgan fingerprint density at radius 3 is 2.39 bits per heavy atom.